The Bertz CT molecular complexity index is 484. The molecule has 1 aromatic carbocycles. The van der Waals surface area contributed by atoms with Gasteiger partial charge in [-0.05, 0) is 18.6 Å². The van der Waals surface area contributed by atoms with E-state index in [4.69, 9.17) is 4.74 Å². The molecule has 1 fully saturated rings. The van der Waals surface area contributed by atoms with Gasteiger partial charge in [0, 0.05) is 19.9 Å². The van der Waals surface area contributed by atoms with Crippen molar-refractivity contribution in [3.63, 3.8) is 0 Å². The molecular formula is C13H14N2O2. The van der Waals surface area contributed by atoms with Crippen LogP contribution in [0.4, 0.5) is 5.69 Å². The van der Waals surface area contributed by atoms with E-state index in [-0.39, 0.29) is 18.1 Å². The number of amides is 1. The predicted molar refractivity (Wildman–Crippen MR) is 64.8 cm³/mol. The van der Waals surface area contributed by atoms with Crippen LogP contribution in [-0.4, -0.2) is 42.8 Å². The number of methoxy groups -OCH3 is 1. The van der Waals surface area contributed by atoms with Crippen LogP contribution in [0.1, 0.15) is 16.8 Å². The monoisotopic (exact) mass is 230 g/mol. The fraction of sp³-hybridized carbons (Fsp3) is 0.385. The Kier molecular flexibility index (Phi) is 2.44. The second kappa shape index (κ2) is 3.96. The quantitative estimate of drug-likeness (QED) is 0.735. The van der Waals surface area contributed by atoms with E-state index in [1.807, 2.05) is 35.4 Å². The summed E-state index contributed by atoms with van der Waals surface area (Å²) in [7, 11) is 1.69. The van der Waals surface area contributed by atoms with Crippen LogP contribution in [0.25, 0.3) is 0 Å². The van der Waals surface area contributed by atoms with Crippen molar-refractivity contribution in [2.24, 2.45) is 4.99 Å². The first kappa shape index (κ1) is 10.5. The third-order valence-electron chi connectivity index (χ3n) is 3.46. The first-order valence-electron chi connectivity index (χ1n) is 5.78. The highest BCUT2D eigenvalue weighted by Gasteiger charge is 2.38. The molecule has 0 spiro atoms. The van der Waals surface area contributed by atoms with Crippen molar-refractivity contribution < 1.29 is 9.53 Å². The summed E-state index contributed by atoms with van der Waals surface area (Å²) >= 11 is 0. The maximum atomic E-state index is 12.4. The topological polar surface area (TPSA) is 41.9 Å². The van der Waals surface area contributed by atoms with E-state index in [9.17, 15) is 4.79 Å². The molecule has 0 aromatic heterocycles. The van der Waals surface area contributed by atoms with Gasteiger partial charge in [-0.1, -0.05) is 12.1 Å². The van der Waals surface area contributed by atoms with Crippen molar-refractivity contribution in [1.82, 2.24) is 4.90 Å². The van der Waals surface area contributed by atoms with Gasteiger partial charge in [0.1, 0.15) is 0 Å². The molecular weight excluding hydrogens is 216 g/mol. The number of nitrogens with zero attached hydrogens (tertiary/aromatic N) is 2. The summed E-state index contributed by atoms with van der Waals surface area (Å²) in [5.74, 6) is 0.0580. The van der Waals surface area contributed by atoms with Crippen molar-refractivity contribution in [2.75, 3.05) is 13.7 Å². The Morgan fingerprint density at radius 2 is 2.24 bits per heavy atom. The summed E-state index contributed by atoms with van der Waals surface area (Å²) in [6.45, 7) is 0.738. The zero-order chi connectivity index (χ0) is 11.8. The molecule has 1 amide bonds. The fourth-order valence-corrected chi connectivity index (χ4v) is 2.54. The van der Waals surface area contributed by atoms with Crippen LogP contribution in [0.5, 0.6) is 0 Å². The molecule has 1 aromatic rings. The lowest BCUT2D eigenvalue weighted by atomic mass is 10.1. The second-order valence-electron chi connectivity index (χ2n) is 4.35. The molecule has 1 saturated heterocycles. The van der Waals surface area contributed by atoms with Gasteiger partial charge in [-0.25, -0.2) is 0 Å². The molecule has 2 unspecified atom stereocenters. The molecule has 17 heavy (non-hydrogen) atoms. The summed E-state index contributed by atoms with van der Waals surface area (Å²) in [6.07, 6.45) is 2.78. The predicted octanol–water partition coefficient (Wildman–Crippen LogP) is 1.63. The lowest BCUT2D eigenvalue weighted by Gasteiger charge is -2.22. The number of hydrogen-bond acceptors (Lipinski definition) is 3. The third-order valence-corrected chi connectivity index (χ3v) is 3.46. The Morgan fingerprint density at radius 1 is 1.41 bits per heavy atom. The van der Waals surface area contributed by atoms with Gasteiger partial charge in [-0.15, -0.1) is 0 Å². The summed E-state index contributed by atoms with van der Waals surface area (Å²) in [6, 6.07) is 7.44. The van der Waals surface area contributed by atoms with Crippen LogP contribution in [0, 0.1) is 0 Å². The number of para-hydroxylation sites is 1. The highest BCUT2D eigenvalue weighted by molar-refractivity contribution is 6.02. The third kappa shape index (κ3) is 1.56. The molecule has 0 radical (unpaired) electrons. The number of carbonyl (C=O) groups is 1. The number of rotatable bonds is 1. The molecule has 0 N–H and O–H groups in total. The van der Waals surface area contributed by atoms with Crippen LogP contribution >= 0.6 is 0 Å². The van der Waals surface area contributed by atoms with E-state index in [1.165, 1.54) is 0 Å². The van der Waals surface area contributed by atoms with E-state index in [1.54, 1.807) is 7.11 Å². The maximum Gasteiger partial charge on any atom is 0.256 e. The SMILES string of the molecule is COC1CCN2C(=O)c3ccccc3N=CC12. The van der Waals surface area contributed by atoms with Crippen LogP contribution in [0.15, 0.2) is 29.3 Å². The molecule has 2 aliphatic heterocycles. The van der Waals surface area contributed by atoms with Crippen LogP contribution in [-0.2, 0) is 4.74 Å². The second-order valence-corrected chi connectivity index (χ2v) is 4.35. The lowest BCUT2D eigenvalue weighted by molar-refractivity contribution is 0.0655. The Labute approximate surface area is 99.9 Å². The molecule has 2 heterocycles. The minimum atomic E-state index is -0.0279. The van der Waals surface area contributed by atoms with Crippen molar-refractivity contribution in [3.05, 3.63) is 29.8 Å². The number of benzene rings is 1. The first-order chi connectivity index (χ1) is 8.31. The van der Waals surface area contributed by atoms with Crippen LogP contribution in [0.3, 0.4) is 0 Å². The van der Waals surface area contributed by atoms with Gasteiger partial charge >= 0.3 is 0 Å². The highest BCUT2D eigenvalue weighted by atomic mass is 16.5. The standard InChI is InChI=1S/C13H14N2O2/c1-17-12-6-7-15-11(12)8-14-10-5-3-2-4-9(10)13(15)16/h2-5,8,11-12H,6-7H2,1H3. The number of ether oxygens (including phenoxy) is 1. The summed E-state index contributed by atoms with van der Waals surface area (Å²) in [4.78, 5) is 18.6. The number of fused-ring (bicyclic) bond motifs is 2. The van der Waals surface area contributed by atoms with E-state index >= 15 is 0 Å². The zero-order valence-corrected chi connectivity index (χ0v) is 9.67. The molecule has 4 heteroatoms. The summed E-state index contributed by atoms with van der Waals surface area (Å²) in [5.41, 5.74) is 1.43. The molecule has 0 saturated carbocycles. The maximum absolute atomic E-state index is 12.4. The minimum Gasteiger partial charge on any atom is -0.379 e. The van der Waals surface area contributed by atoms with E-state index in [0.29, 0.717) is 5.56 Å². The highest BCUT2D eigenvalue weighted by Crippen LogP contribution is 2.29. The Balaban J connectivity index is 2.04. The van der Waals surface area contributed by atoms with E-state index < -0.39 is 0 Å². The smallest absolute Gasteiger partial charge is 0.256 e. The van der Waals surface area contributed by atoms with Gasteiger partial charge in [0.15, 0.2) is 0 Å². The van der Waals surface area contributed by atoms with Gasteiger partial charge in [-0.3, -0.25) is 9.79 Å². The van der Waals surface area contributed by atoms with Crippen molar-refractivity contribution in [1.29, 1.82) is 0 Å². The summed E-state index contributed by atoms with van der Waals surface area (Å²) in [5, 5.41) is 0. The molecule has 3 rings (SSSR count). The van der Waals surface area contributed by atoms with E-state index in [0.717, 1.165) is 18.7 Å². The van der Waals surface area contributed by atoms with Gasteiger partial charge in [0.05, 0.1) is 23.4 Å². The largest absolute Gasteiger partial charge is 0.379 e. The number of aliphatic imine (C=N–C) groups is 1. The lowest BCUT2D eigenvalue weighted by Crippen LogP contribution is -2.40. The van der Waals surface area contributed by atoms with Gasteiger partial charge in [0.25, 0.3) is 5.91 Å². The van der Waals surface area contributed by atoms with Gasteiger partial charge in [-0.2, -0.15) is 0 Å². The molecule has 0 bridgehead atoms. The minimum absolute atomic E-state index is 0.0279. The van der Waals surface area contributed by atoms with E-state index in [2.05, 4.69) is 4.99 Å². The van der Waals surface area contributed by atoms with Crippen molar-refractivity contribution in [2.45, 2.75) is 18.6 Å². The van der Waals surface area contributed by atoms with Crippen molar-refractivity contribution in [3.8, 4) is 0 Å². The fourth-order valence-electron chi connectivity index (χ4n) is 2.54. The summed E-state index contributed by atoms with van der Waals surface area (Å²) < 4.78 is 5.40. The molecule has 2 atom stereocenters. The zero-order valence-electron chi connectivity index (χ0n) is 9.67. The Morgan fingerprint density at radius 3 is 3.06 bits per heavy atom. The average Bonchev–Trinajstić information content (AvgIpc) is 2.73. The average molecular weight is 230 g/mol. The number of hydrogen-bond donors (Lipinski definition) is 0. The van der Waals surface area contributed by atoms with Gasteiger partial charge < -0.3 is 9.64 Å². The van der Waals surface area contributed by atoms with Crippen LogP contribution in [0.2, 0.25) is 0 Å². The van der Waals surface area contributed by atoms with Crippen molar-refractivity contribution >= 4 is 17.8 Å². The molecule has 88 valence electrons. The molecule has 4 nitrogen and oxygen atoms in total. The normalized spacial score (nSPS) is 26.6. The molecule has 2 aliphatic rings. The van der Waals surface area contributed by atoms with Crippen LogP contribution < -0.4 is 0 Å². The Hall–Kier alpha value is -1.68. The molecule has 0 aliphatic carbocycles. The van der Waals surface area contributed by atoms with Gasteiger partial charge in [0.2, 0.25) is 0 Å². The first-order valence-corrected chi connectivity index (χ1v) is 5.78. The number of carbonyl (C=O) groups excluding carboxylic acids is 1.